The quantitative estimate of drug-likeness (QED) is 0.356. The van der Waals surface area contributed by atoms with Gasteiger partial charge in [-0.25, -0.2) is 4.40 Å². The fourth-order valence-corrected chi connectivity index (χ4v) is 4.00. The van der Waals surface area contributed by atoms with E-state index < -0.39 is 0 Å². The van der Waals surface area contributed by atoms with Gasteiger partial charge in [0.1, 0.15) is 0 Å². The molecule has 0 spiro atoms. The average molecular weight is 397 g/mol. The van der Waals surface area contributed by atoms with Crippen molar-refractivity contribution in [2.75, 3.05) is 0 Å². The van der Waals surface area contributed by atoms with Crippen LogP contribution in [-0.2, 0) is 0 Å². The van der Waals surface area contributed by atoms with Gasteiger partial charge in [0.05, 0.1) is 15.4 Å². The van der Waals surface area contributed by atoms with Gasteiger partial charge in [-0.05, 0) is 47.5 Å². The Balaban J connectivity index is 2.02. The predicted molar refractivity (Wildman–Crippen MR) is 112 cm³/mol. The molecule has 0 unspecified atom stereocenters. The standard InChI is InChI=1S/C21H14Cl2N2S/c1-13-10-14-8-9-24-12-18(14)21(17-5-3-2-4-16(13)17)25-26-15-6-7-19(22)20(23)11-15/h2-12H,1H3/b25-21-. The topological polar surface area (TPSA) is 25.2 Å². The maximum absolute atomic E-state index is 6.13. The van der Waals surface area contributed by atoms with Gasteiger partial charge in [-0.2, -0.15) is 0 Å². The van der Waals surface area contributed by atoms with E-state index in [4.69, 9.17) is 27.6 Å². The number of nitrogens with zero attached hydrogens (tertiary/aromatic N) is 2. The molecule has 1 heterocycles. The molecule has 4 rings (SSSR count). The van der Waals surface area contributed by atoms with Crippen molar-refractivity contribution < 1.29 is 0 Å². The molecule has 0 fully saturated rings. The lowest BCUT2D eigenvalue weighted by Crippen LogP contribution is -2.01. The number of pyridine rings is 1. The molecule has 128 valence electrons. The number of halogens is 2. The van der Waals surface area contributed by atoms with Gasteiger partial charge in [-0.15, -0.1) is 0 Å². The highest BCUT2D eigenvalue weighted by atomic mass is 35.5. The van der Waals surface area contributed by atoms with Crippen LogP contribution in [0.4, 0.5) is 0 Å². The Bertz CT molecular complexity index is 1210. The highest BCUT2D eigenvalue weighted by molar-refractivity contribution is 7.98. The van der Waals surface area contributed by atoms with E-state index in [1.165, 1.54) is 22.9 Å². The van der Waals surface area contributed by atoms with Crippen LogP contribution in [0.15, 0.2) is 76.3 Å². The van der Waals surface area contributed by atoms with E-state index in [1.807, 2.05) is 42.7 Å². The van der Waals surface area contributed by atoms with Crippen molar-refractivity contribution in [1.29, 1.82) is 0 Å². The van der Waals surface area contributed by atoms with Crippen molar-refractivity contribution in [2.45, 2.75) is 11.8 Å². The average Bonchev–Trinajstić information content (AvgIpc) is 2.77. The first-order valence-electron chi connectivity index (χ1n) is 8.06. The lowest BCUT2D eigenvalue weighted by molar-refractivity contribution is 1.36. The minimum atomic E-state index is 0.526. The Labute approximate surface area is 165 Å². The van der Waals surface area contributed by atoms with E-state index >= 15 is 0 Å². The summed E-state index contributed by atoms with van der Waals surface area (Å²) in [6.45, 7) is 2.12. The number of aryl methyl sites for hydroxylation is 1. The summed E-state index contributed by atoms with van der Waals surface area (Å²) in [4.78, 5) is 5.24. The fraction of sp³-hybridized carbons (Fsp3) is 0.0476. The van der Waals surface area contributed by atoms with E-state index in [-0.39, 0.29) is 0 Å². The number of aromatic nitrogens is 1. The second kappa shape index (κ2) is 7.28. The molecule has 26 heavy (non-hydrogen) atoms. The van der Waals surface area contributed by atoms with Gasteiger partial charge in [0, 0.05) is 40.0 Å². The van der Waals surface area contributed by atoms with Crippen LogP contribution < -0.4 is 5.36 Å². The third-order valence-corrected chi connectivity index (χ3v) is 5.70. The smallest absolute Gasteiger partial charge is 0.0889 e. The Kier molecular flexibility index (Phi) is 4.86. The van der Waals surface area contributed by atoms with Crippen molar-refractivity contribution in [1.82, 2.24) is 4.98 Å². The molecule has 0 aliphatic heterocycles. The van der Waals surface area contributed by atoms with Gasteiger partial charge in [0.15, 0.2) is 0 Å². The maximum atomic E-state index is 6.13. The van der Waals surface area contributed by atoms with Crippen LogP contribution in [0.3, 0.4) is 0 Å². The number of fused-ring (bicyclic) bond motifs is 2. The molecule has 0 aliphatic carbocycles. The Morgan fingerprint density at radius 1 is 0.885 bits per heavy atom. The van der Waals surface area contributed by atoms with Gasteiger partial charge in [-0.1, -0.05) is 53.5 Å². The van der Waals surface area contributed by atoms with Crippen molar-refractivity contribution in [3.8, 4) is 0 Å². The molecule has 2 nitrogen and oxygen atoms in total. The molecule has 3 aromatic carbocycles. The zero-order valence-corrected chi connectivity index (χ0v) is 16.2. The third-order valence-electron chi connectivity index (χ3n) is 4.22. The lowest BCUT2D eigenvalue weighted by atomic mass is 10.1. The van der Waals surface area contributed by atoms with Crippen LogP contribution >= 0.6 is 35.1 Å². The molecule has 1 aromatic heterocycles. The number of rotatable bonds is 2. The molecular formula is C21H14Cl2N2S. The SMILES string of the molecule is Cc1cc2ccncc2/c(=N\Sc2ccc(Cl)c(Cl)c2)c2ccccc12. The minimum absolute atomic E-state index is 0.526. The second-order valence-electron chi connectivity index (χ2n) is 5.94. The van der Waals surface area contributed by atoms with Crippen molar-refractivity contribution in [3.05, 3.63) is 88.0 Å². The first-order chi connectivity index (χ1) is 12.6. The summed E-state index contributed by atoms with van der Waals surface area (Å²) in [5.41, 5.74) is 1.21. The molecule has 0 amide bonds. The van der Waals surface area contributed by atoms with Gasteiger partial charge in [-0.3, -0.25) is 4.98 Å². The highest BCUT2D eigenvalue weighted by Gasteiger charge is 2.05. The van der Waals surface area contributed by atoms with Crippen LogP contribution in [0.25, 0.3) is 21.5 Å². The normalized spacial score (nSPS) is 12.0. The first kappa shape index (κ1) is 17.3. The number of hydrogen-bond acceptors (Lipinski definition) is 3. The van der Waals surface area contributed by atoms with Crippen LogP contribution in [0, 0.1) is 6.92 Å². The van der Waals surface area contributed by atoms with E-state index in [2.05, 4.69) is 30.1 Å². The highest BCUT2D eigenvalue weighted by Crippen LogP contribution is 2.28. The van der Waals surface area contributed by atoms with Crippen molar-refractivity contribution >= 4 is 56.7 Å². The van der Waals surface area contributed by atoms with Gasteiger partial charge in [0.25, 0.3) is 0 Å². The third kappa shape index (κ3) is 3.30. The number of hydrogen-bond donors (Lipinski definition) is 0. The zero-order chi connectivity index (χ0) is 18.1. The predicted octanol–water partition coefficient (Wildman–Crippen LogP) is 6.61. The summed E-state index contributed by atoms with van der Waals surface area (Å²) in [6, 6.07) is 18.0. The molecule has 0 N–H and O–H groups in total. The number of benzene rings is 2. The Hall–Kier alpha value is -2.07. The second-order valence-corrected chi connectivity index (χ2v) is 7.59. The summed E-state index contributed by atoms with van der Waals surface area (Å²) in [7, 11) is 0. The van der Waals surface area contributed by atoms with Crippen molar-refractivity contribution in [3.63, 3.8) is 0 Å². The molecule has 0 atom stereocenters. The molecule has 5 heteroatoms. The summed E-state index contributed by atoms with van der Waals surface area (Å²) in [5.74, 6) is 0. The van der Waals surface area contributed by atoms with Gasteiger partial charge < -0.3 is 0 Å². The molecular weight excluding hydrogens is 383 g/mol. The first-order valence-corrected chi connectivity index (χ1v) is 9.59. The largest absolute Gasteiger partial charge is 0.264 e. The Morgan fingerprint density at radius 3 is 2.50 bits per heavy atom. The maximum Gasteiger partial charge on any atom is 0.0889 e. The van der Waals surface area contributed by atoms with Gasteiger partial charge >= 0.3 is 0 Å². The Morgan fingerprint density at radius 2 is 1.69 bits per heavy atom. The monoisotopic (exact) mass is 396 g/mol. The molecule has 4 aromatic rings. The minimum Gasteiger partial charge on any atom is -0.264 e. The van der Waals surface area contributed by atoms with Crippen molar-refractivity contribution in [2.24, 2.45) is 4.40 Å². The lowest BCUT2D eigenvalue weighted by Gasteiger charge is -2.00. The fourth-order valence-electron chi connectivity index (χ4n) is 2.95. The molecule has 0 radical (unpaired) electrons. The van der Waals surface area contributed by atoms with Crippen LogP contribution in [0.1, 0.15) is 5.56 Å². The van der Waals surface area contributed by atoms with E-state index in [0.717, 1.165) is 26.4 Å². The van der Waals surface area contributed by atoms with E-state index in [9.17, 15) is 0 Å². The molecule has 0 saturated heterocycles. The van der Waals surface area contributed by atoms with E-state index in [1.54, 1.807) is 6.07 Å². The van der Waals surface area contributed by atoms with Gasteiger partial charge in [0.2, 0.25) is 0 Å². The van der Waals surface area contributed by atoms with Crippen LogP contribution in [0.2, 0.25) is 10.0 Å². The summed E-state index contributed by atoms with van der Waals surface area (Å²) in [5, 5.41) is 6.38. The molecule has 0 bridgehead atoms. The van der Waals surface area contributed by atoms with Crippen LogP contribution in [-0.4, -0.2) is 4.98 Å². The van der Waals surface area contributed by atoms with Crippen LogP contribution in [0.5, 0.6) is 0 Å². The summed E-state index contributed by atoms with van der Waals surface area (Å²) < 4.78 is 4.86. The molecule has 0 aliphatic rings. The molecule has 0 saturated carbocycles. The summed E-state index contributed by atoms with van der Waals surface area (Å²) >= 11 is 13.5. The van der Waals surface area contributed by atoms with E-state index in [0.29, 0.717) is 10.0 Å². The summed E-state index contributed by atoms with van der Waals surface area (Å²) in [6.07, 6.45) is 3.68. The zero-order valence-electron chi connectivity index (χ0n) is 13.9.